The molecule has 1 aromatic heterocycles. The third-order valence-electron chi connectivity index (χ3n) is 4.56. The van der Waals surface area contributed by atoms with E-state index in [-0.39, 0.29) is 4.06 Å². The van der Waals surface area contributed by atoms with Crippen molar-refractivity contribution < 1.29 is 4.74 Å². The van der Waals surface area contributed by atoms with Gasteiger partial charge < -0.3 is 4.74 Å². The van der Waals surface area contributed by atoms with E-state index in [1.807, 2.05) is 0 Å². The monoisotopic (exact) mass is 304 g/mol. The van der Waals surface area contributed by atoms with Gasteiger partial charge in [0.2, 0.25) is 0 Å². The molecule has 0 spiro atoms. The van der Waals surface area contributed by atoms with Crippen LogP contribution in [0.4, 0.5) is 0 Å². The number of ether oxygens (including phenoxy) is 1. The fourth-order valence-electron chi connectivity index (χ4n) is 3.64. The molecule has 2 nitrogen and oxygen atoms in total. The Bertz CT molecular complexity index is 659. The van der Waals surface area contributed by atoms with Gasteiger partial charge in [-0.2, -0.15) is 0 Å². The Morgan fingerprint density at radius 3 is 2.80 bits per heavy atom. The van der Waals surface area contributed by atoms with Crippen molar-refractivity contribution >= 4 is 22.7 Å². The molecule has 0 saturated carbocycles. The van der Waals surface area contributed by atoms with E-state index in [2.05, 4.69) is 30.3 Å². The highest BCUT2D eigenvalue weighted by atomic mass is 32.2. The summed E-state index contributed by atoms with van der Waals surface area (Å²) in [5.74, 6) is 1.56. The summed E-state index contributed by atoms with van der Waals surface area (Å²) >= 11 is 2.95. The largest absolute Gasteiger partial charge is 0.381 e. The number of hydrogen-bond donors (Lipinski definition) is 0. The van der Waals surface area contributed by atoms with Gasteiger partial charge in [0.05, 0.1) is 6.61 Å². The normalized spacial score (nSPS) is 28.7. The van der Waals surface area contributed by atoms with E-state index in [1.165, 1.54) is 38.0 Å². The summed E-state index contributed by atoms with van der Waals surface area (Å²) in [5.41, 5.74) is 1.39. The Morgan fingerprint density at radius 1 is 1.10 bits per heavy atom. The van der Waals surface area contributed by atoms with E-state index in [0.717, 1.165) is 26.1 Å². The zero-order chi connectivity index (χ0) is 13.5. The number of benzene rings is 1. The van der Waals surface area contributed by atoms with Gasteiger partial charge in [-0.05, 0) is 30.2 Å². The average molecular weight is 304 g/mol. The van der Waals surface area contributed by atoms with Crippen molar-refractivity contribution in [1.29, 1.82) is 0 Å². The maximum Gasteiger partial charge on any atom is 0.287 e. The smallest absolute Gasteiger partial charge is 0.287 e. The molecule has 1 aromatic carbocycles. The van der Waals surface area contributed by atoms with E-state index in [9.17, 15) is 4.79 Å². The van der Waals surface area contributed by atoms with Crippen LogP contribution in [-0.2, 0) is 11.2 Å². The number of rotatable bonds is 1. The molecule has 4 heteroatoms. The molecule has 1 unspecified atom stereocenters. The van der Waals surface area contributed by atoms with Gasteiger partial charge >= 0.3 is 0 Å². The predicted molar refractivity (Wildman–Crippen MR) is 83.0 cm³/mol. The topological polar surface area (TPSA) is 26.3 Å². The lowest BCUT2D eigenvalue weighted by atomic mass is 9.70. The molecule has 1 aliphatic heterocycles. The first-order chi connectivity index (χ1) is 9.83. The van der Waals surface area contributed by atoms with Crippen LogP contribution in [0.15, 0.2) is 35.1 Å². The maximum atomic E-state index is 11.8. The quantitative estimate of drug-likeness (QED) is 0.804. The zero-order valence-corrected chi connectivity index (χ0v) is 12.7. The first kappa shape index (κ1) is 12.7. The highest BCUT2D eigenvalue weighted by Crippen LogP contribution is 2.49. The fourth-order valence-corrected chi connectivity index (χ4v) is 6.17. The molecule has 0 amide bonds. The van der Waals surface area contributed by atoms with Crippen molar-refractivity contribution in [3.63, 3.8) is 0 Å². The van der Waals surface area contributed by atoms with Gasteiger partial charge in [0, 0.05) is 22.3 Å². The van der Waals surface area contributed by atoms with Crippen LogP contribution >= 0.6 is 22.7 Å². The molecule has 3 atom stereocenters. The SMILES string of the molecule is O=c1sc2c(s1)C1CCOC[C@@H]1[C@@H](c1ccccc1)C2. The minimum atomic E-state index is 0.258. The van der Waals surface area contributed by atoms with Gasteiger partial charge in [-0.25, -0.2) is 0 Å². The Kier molecular flexibility index (Phi) is 3.25. The molecular weight excluding hydrogens is 288 g/mol. The second-order valence-electron chi connectivity index (χ2n) is 5.60. The lowest BCUT2D eigenvalue weighted by Crippen LogP contribution is -2.34. The number of hydrogen-bond acceptors (Lipinski definition) is 4. The van der Waals surface area contributed by atoms with Crippen molar-refractivity contribution in [1.82, 2.24) is 0 Å². The van der Waals surface area contributed by atoms with E-state index >= 15 is 0 Å². The molecule has 104 valence electrons. The van der Waals surface area contributed by atoms with Crippen LogP contribution < -0.4 is 4.06 Å². The molecule has 0 N–H and O–H groups in total. The summed E-state index contributed by atoms with van der Waals surface area (Å²) in [6, 6.07) is 10.7. The molecule has 0 radical (unpaired) electrons. The van der Waals surface area contributed by atoms with Gasteiger partial charge in [0.15, 0.2) is 0 Å². The first-order valence-electron chi connectivity index (χ1n) is 7.08. The summed E-state index contributed by atoms with van der Waals surface area (Å²) < 4.78 is 6.00. The highest BCUT2D eigenvalue weighted by Gasteiger charge is 2.41. The van der Waals surface area contributed by atoms with Crippen LogP contribution in [-0.4, -0.2) is 13.2 Å². The van der Waals surface area contributed by atoms with Gasteiger partial charge in [-0.15, -0.1) is 0 Å². The lowest BCUT2D eigenvalue weighted by molar-refractivity contribution is 0.0260. The zero-order valence-electron chi connectivity index (χ0n) is 11.1. The third-order valence-corrected chi connectivity index (χ3v) is 6.93. The van der Waals surface area contributed by atoms with Gasteiger partial charge in [-0.1, -0.05) is 53.0 Å². The summed E-state index contributed by atoms with van der Waals surface area (Å²) in [6.45, 7) is 1.67. The second kappa shape index (κ2) is 5.10. The standard InChI is InChI=1S/C16H16O2S2/c17-16-19-14-8-12(10-4-2-1-3-5-10)13-9-18-7-6-11(13)15(14)20-16/h1-5,11-13H,6-9H2/t11?,12-,13+/m1/s1. The third kappa shape index (κ3) is 2.07. The van der Waals surface area contributed by atoms with Crippen LogP contribution in [0.25, 0.3) is 0 Å². The molecule has 4 rings (SSSR count). The summed E-state index contributed by atoms with van der Waals surface area (Å²) in [7, 11) is 0. The minimum Gasteiger partial charge on any atom is -0.381 e. The molecule has 20 heavy (non-hydrogen) atoms. The van der Waals surface area contributed by atoms with Crippen molar-refractivity contribution in [3.05, 3.63) is 54.5 Å². The van der Waals surface area contributed by atoms with E-state index in [4.69, 9.17) is 4.74 Å². The van der Waals surface area contributed by atoms with Gasteiger partial charge in [-0.3, -0.25) is 4.79 Å². The van der Waals surface area contributed by atoms with Gasteiger partial charge in [0.25, 0.3) is 4.06 Å². The Labute approximate surface area is 126 Å². The Morgan fingerprint density at radius 2 is 1.95 bits per heavy atom. The number of fused-ring (bicyclic) bond motifs is 3. The molecule has 1 saturated heterocycles. The van der Waals surface area contributed by atoms with Crippen LogP contribution in [0.1, 0.15) is 33.6 Å². The summed E-state index contributed by atoms with van der Waals surface area (Å²) in [6.07, 6.45) is 2.07. The highest BCUT2D eigenvalue weighted by molar-refractivity contribution is 7.27. The molecule has 2 aromatic rings. The lowest BCUT2D eigenvalue weighted by Gasteiger charge is -2.40. The van der Waals surface area contributed by atoms with Crippen molar-refractivity contribution in [2.45, 2.75) is 24.7 Å². The van der Waals surface area contributed by atoms with E-state index in [0.29, 0.717) is 17.8 Å². The van der Waals surface area contributed by atoms with E-state index < -0.39 is 0 Å². The van der Waals surface area contributed by atoms with Crippen LogP contribution in [0.2, 0.25) is 0 Å². The maximum absolute atomic E-state index is 11.8. The fraction of sp³-hybridized carbons (Fsp3) is 0.438. The van der Waals surface area contributed by atoms with Gasteiger partial charge in [0.1, 0.15) is 0 Å². The molecule has 2 heterocycles. The molecular formula is C16H16O2S2. The predicted octanol–water partition coefficient (Wildman–Crippen LogP) is 3.63. The second-order valence-corrected chi connectivity index (χ2v) is 7.94. The van der Waals surface area contributed by atoms with E-state index in [1.54, 1.807) is 0 Å². The van der Waals surface area contributed by atoms with Crippen LogP contribution in [0.5, 0.6) is 0 Å². The Hall–Kier alpha value is -0.970. The van der Waals surface area contributed by atoms with Crippen LogP contribution in [0, 0.1) is 5.92 Å². The van der Waals surface area contributed by atoms with Crippen molar-refractivity contribution in [3.8, 4) is 0 Å². The molecule has 1 aliphatic carbocycles. The summed E-state index contributed by atoms with van der Waals surface area (Å²) in [4.78, 5) is 14.5. The summed E-state index contributed by atoms with van der Waals surface area (Å²) in [5, 5.41) is 0. The van der Waals surface area contributed by atoms with Crippen molar-refractivity contribution in [2.24, 2.45) is 5.92 Å². The first-order valence-corrected chi connectivity index (χ1v) is 8.71. The minimum absolute atomic E-state index is 0.258. The average Bonchev–Trinajstić information content (AvgIpc) is 2.88. The van der Waals surface area contributed by atoms with Crippen molar-refractivity contribution in [2.75, 3.05) is 13.2 Å². The van der Waals surface area contributed by atoms with Crippen LogP contribution in [0.3, 0.4) is 0 Å². The molecule has 2 aliphatic rings. The molecule has 1 fully saturated rings. The molecule has 0 bridgehead atoms. The Balaban J connectivity index is 1.79.